The molecule has 0 N–H and O–H groups in total. The Morgan fingerprint density at radius 2 is 1.80 bits per heavy atom. The molecule has 0 amide bonds. The van der Waals surface area contributed by atoms with Crippen LogP contribution in [0.3, 0.4) is 0 Å². The molecule has 0 aromatic carbocycles. The highest BCUT2D eigenvalue weighted by atomic mass is 14.1. The van der Waals surface area contributed by atoms with Crippen molar-refractivity contribution in [2.24, 2.45) is 11.8 Å². The third kappa shape index (κ3) is 3.05. The molecular formula is C10H20. The fourth-order valence-electron chi connectivity index (χ4n) is 1.03. The summed E-state index contributed by atoms with van der Waals surface area (Å²) in [5.74, 6) is 1.53. The molecule has 0 aliphatic heterocycles. The summed E-state index contributed by atoms with van der Waals surface area (Å²) in [6, 6.07) is 0. The van der Waals surface area contributed by atoms with E-state index in [9.17, 15) is 0 Å². The van der Waals surface area contributed by atoms with Gasteiger partial charge in [-0.05, 0) is 25.2 Å². The molecular weight excluding hydrogens is 120 g/mol. The Balaban J connectivity index is 3.93. The van der Waals surface area contributed by atoms with E-state index in [1.807, 2.05) is 0 Å². The first-order valence-electron chi connectivity index (χ1n) is 4.26. The van der Waals surface area contributed by atoms with Gasteiger partial charge in [0.15, 0.2) is 0 Å². The molecule has 0 aliphatic carbocycles. The minimum absolute atomic E-state index is 0.750. The molecule has 10 heavy (non-hydrogen) atoms. The molecule has 1 atom stereocenters. The highest BCUT2D eigenvalue weighted by molar-refractivity contribution is 5.02. The predicted molar refractivity (Wildman–Crippen MR) is 48.1 cm³/mol. The molecule has 0 aromatic rings. The summed E-state index contributed by atoms with van der Waals surface area (Å²) in [6.45, 7) is 11.3. The second kappa shape index (κ2) is 4.54. The SMILES string of the molecule is CCC=C(C)C(C)C(C)C. The van der Waals surface area contributed by atoms with Gasteiger partial charge in [0, 0.05) is 0 Å². The largest absolute Gasteiger partial charge is 0.0856 e. The quantitative estimate of drug-likeness (QED) is 0.525. The Labute approximate surface area is 65.3 Å². The lowest BCUT2D eigenvalue weighted by Gasteiger charge is -2.15. The van der Waals surface area contributed by atoms with Crippen LogP contribution in [0.5, 0.6) is 0 Å². The van der Waals surface area contributed by atoms with Crippen molar-refractivity contribution in [2.45, 2.75) is 41.0 Å². The second-order valence-corrected chi connectivity index (χ2v) is 3.39. The van der Waals surface area contributed by atoms with Crippen LogP contribution in [0.1, 0.15) is 41.0 Å². The Morgan fingerprint density at radius 1 is 1.30 bits per heavy atom. The van der Waals surface area contributed by atoms with Gasteiger partial charge in [0.05, 0.1) is 0 Å². The van der Waals surface area contributed by atoms with Crippen molar-refractivity contribution in [2.75, 3.05) is 0 Å². The highest BCUT2D eigenvalue weighted by Crippen LogP contribution is 2.18. The molecule has 0 fully saturated rings. The summed E-state index contributed by atoms with van der Waals surface area (Å²) >= 11 is 0. The van der Waals surface area contributed by atoms with Crippen LogP contribution in [-0.4, -0.2) is 0 Å². The Morgan fingerprint density at radius 3 is 2.10 bits per heavy atom. The van der Waals surface area contributed by atoms with E-state index in [4.69, 9.17) is 0 Å². The molecule has 0 aromatic heterocycles. The van der Waals surface area contributed by atoms with Gasteiger partial charge < -0.3 is 0 Å². The molecule has 0 aliphatic rings. The average molecular weight is 140 g/mol. The smallest absolute Gasteiger partial charge is 0.0211 e. The summed E-state index contributed by atoms with van der Waals surface area (Å²) < 4.78 is 0. The molecule has 0 saturated carbocycles. The first kappa shape index (κ1) is 9.74. The molecule has 0 radical (unpaired) electrons. The van der Waals surface area contributed by atoms with Gasteiger partial charge in [-0.3, -0.25) is 0 Å². The van der Waals surface area contributed by atoms with Gasteiger partial charge in [0.2, 0.25) is 0 Å². The van der Waals surface area contributed by atoms with Gasteiger partial charge >= 0.3 is 0 Å². The van der Waals surface area contributed by atoms with Crippen molar-refractivity contribution < 1.29 is 0 Å². The maximum atomic E-state index is 2.32. The van der Waals surface area contributed by atoms with E-state index in [0.717, 1.165) is 11.8 Å². The second-order valence-electron chi connectivity index (χ2n) is 3.39. The Hall–Kier alpha value is -0.260. The minimum atomic E-state index is 0.750. The van der Waals surface area contributed by atoms with Crippen LogP contribution in [0.15, 0.2) is 11.6 Å². The normalized spacial score (nSPS) is 16.0. The zero-order chi connectivity index (χ0) is 8.15. The predicted octanol–water partition coefficient (Wildman–Crippen LogP) is 3.63. The highest BCUT2D eigenvalue weighted by Gasteiger charge is 2.07. The molecule has 0 heteroatoms. The fourth-order valence-corrected chi connectivity index (χ4v) is 1.03. The molecule has 0 nitrogen and oxygen atoms in total. The van der Waals surface area contributed by atoms with Gasteiger partial charge in [-0.25, -0.2) is 0 Å². The van der Waals surface area contributed by atoms with Gasteiger partial charge in [-0.1, -0.05) is 39.3 Å². The lowest BCUT2D eigenvalue weighted by Crippen LogP contribution is -2.04. The average Bonchev–Trinajstić information content (AvgIpc) is 1.87. The van der Waals surface area contributed by atoms with Crippen LogP contribution in [0.25, 0.3) is 0 Å². The van der Waals surface area contributed by atoms with Crippen molar-refractivity contribution in [3.8, 4) is 0 Å². The first-order valence-corrected chi connectivity index (χ1v) is 4.26. The Kier molecular flexibility index (Phi) is 4.42. The van der Waals surface area contributed by atoms with Gasteiger partial charge in [-0.15, -0.1) is 0 Å². The van der Waals surface area contributed by atoms with Crippen molar-refractivity contribution >= 4 is 0 Å². The monoisotopic (exact) mass is 140 g/mol. The molecule has 0 heterocycles. The van der Waals surface area contributed by atoms with Crippen LogP contribution in [-0.2, 0) is 0 Å². The molecule has 0 spiro atoms. The third-order valence-corrected chi connectivity index (χ3v) is 2.24. The summed E-state index contributed by atoms with van der Waals surface area (Å²) in [7, 11) is 0. The zero-order valence-electron chi connectivity index (χ0n) is 7.94. The van der Waals surface area contributed by atoms with E-state index in [1.165, 1.54) is 12.0 Å². The van der Waals surface area contributed by atoms with Crippen molar-refractivity contribution in [3.05, 3.63) is 11.6 Å². The molecule has 0 saturated heterocycles. The lowest BCUT2D eigenvalue weighted by molar-refractivity contribution is 0.479. The van der Waals surface area contributed by atoms with Crippen LogP contribution < -0.4 is 0 Å². The van der Waals surface area contributed by atoms with Crippen molar-refractivity contribution in [1.82, 2.24) is 0 Å². The van der Waals surface area contributed by atoms with E-state index < -0.39 is 0 Å². The number of allylic oxidation sites excluding steroid dienone is 2. The molecule has 0 bridgehead atoms. The maximum Gasteiger partial charge on any atom is -0.0211 e. The molecule has 1 unspecified atom stereocenters. The number of hydrogen-bond acceptors (Lipinski definition) is 0. The number of hydrogen-bond donors (Lipinski definition) is 0. The standard InChI is InChI=1S/C10H20/c1-6-7-9(4)10(5)8(2)3/h7-8,10H,6H2,1-5H3. The fraction of sp³-hybridized carbons (Fsp3) is 0.800. The van der Waals surface area contributed by atoms with Gasteiger partial charge in [0.1, 0.15) is 0 Å². The van der Waals surface area contributed by atoms with Crippen LogP contribution >= 0.6 is 0 Å². The lowest BCUT2D eigenvalue weighted by atomic mass is 9.90. The summed E-state index contributed by atoms with van der Waals surface area (Å²) in [4.78, 5) is 0. The van der Waals surface area contributed by atoms with Gasteiger partial charge in [0.25, 0.3) is 0 Å². The third-order valence-electron chi connectivity index (χ3n) is 2.24. The molecule has 60 valence electrons. The summed E-state index contributed by atoms with van der Waals surface area (Å²) in [6.07, 6.45) is 3.49. The summed E-state index contributed by atoms with van der Waals surface area (Å²) in [5.41, 5.74) is 1.54. The van der Waals surface area contributed by atoms with Gasteiger partial charge in [-0.2, -0.15) is 0 Å². The molecule has 0 rings (SSSR count). The maximum absolute atomic E-state index is 2.32. The van der Waals surface area contributed by atoms with Crippen molar-refractivity contribution in [3.63, 3.8) is 0 Å². The minimum Gasteiger partial charge on any atom is -0.0856 e. The zero-order valence-corrected chi connectivity index (χ0v) is 7.94. The Bertz CT molecular complexity index is 109. The van der Waals surface area contributed by atoms with Crippen LogP contribution in [0.2, 0.25) is 0 Å². The first-order chi connectivity index (χ1) is 4.59. The van der Waals surface area contributed by atoms with E-state index in [-0.39, 0.29) is 0 Å². The summed E-state index contributed by atoms with van der Waals surface area (Å²) in [5, 5.41) is 0. The van der Waals surface area contributed by atoms with Crippen molar-refractivity contribution in [1.29, 1.82) is 0 Å². The number of rotatable bonds is 3. The topological polar surface area (TPSA) is 0 Å². The van der Waals surface area contributed by atoms with Crippen LogP contribution in [0.4, 0.5) is 0 Å². The van der Waals surface area contributed by atoms with E-state index in [0.29, 0.717) is 0 Å². The van der Waals surface area contributed by atoms with E-state index >= 15 is 0 Å². The van der Waals surface area contributed by atoms with Crippen LogP contribution in [0, 0.1) is 11.8 Å². The van der Waals surface area contributed by atoms with E-state index in [2.05, 4.69) is 40.7 Å². The van der Waals surface area contributed by atoms with E-state index in [1.54, 1.807) is 0 Å².